The zero-order valence-corrected chi connectivity index (χ0v) is 24.5. The molecule has 0 aliphatic rings. The predicted molar refractivity (Wildman–Crippen MR) is 154 cm³/mol. The molecule has 11 heteroatoms. The summed E-state index contributed by atoms with van der Waals surface area (Å²) in [4.78, 5) is 28.1. The molecule has 8 nitrogen and oxygen atoms in total. The van der Waals surface area contributed by atoms with Crippen LogP contribution in [-0.4, -0.2) is 51.9 Å². The number of benzene rings is 3. The molecule has 0 fully saturated rings. The molecule has 0 heterocycles. The first-order chi connectivity index (χ1) is 18.5. The maximum Gasteiger partial charge on any atom is 0.264 e. The van der Waals surface area contributed by atoms with E-state index in [2.05, 4.69) is 5.32 Å². The van der Waals surface area contributed by atoms with Crippen molar-refractivity contribution in [1.82, 2.24) is 10.2 Å². The average molecular weight is 593 g/mol. The number of methoxy groups -OCH3 is 1. The summed E-state index contributed by atoms with van der Waals surface area (Å²) in [6, 6.07) is 16.8. The Kier molecular flexibility index (Phi) is 10.2. The third-order valence-electron chi connectivity index (χ3n) is 6.22. The summed E-state index contributed by atoms with van der Waals surface area (Å²) >= 11 is 12.4. The van der Waals surface area contributed by atoms with E-state index >= 15 is 0 Å². The fourth-order valence-corrected chi connectivity index (χ4v) is 5.93. The summed E-state index contributed by atoms with van der Waals surface area (Å²) < 4.78 is 34.1. The average Bonchev–Trinajstić information content (AvgIpc) is 2.92. The Hall–Kier alpha value is -3.27. The van der Waals surface area contributed by atoms with E-state index in [0.29, 0.717) is 27.8 Å². The number of likely N-dealkylation sites (N-methyl/N-ethyl adjacent to an activating group) is 1. The Balaban J connectivity index is 2.10. The lowest BCUT2D eigenvalue weighted by Gasteiger charge is -2.33. The Morgan fingerprint density at radius 2 is 1.72 bits per heavy atom. The molecule has 3 aromatic rings. The van der Waals surface area contributed by atoms with Gasteiger partial charge in [0.1, 0.15) is 18.3 Å². The van der Waals surface area contributed by atoms with Crippen LogP contribution in [0.4, 0.5) is 5.69 Å². The van der Waals surface area contributed by atoms with Gasteiger partial charge in [0.05, 0.1) is 17.7 Å². The van der Waals surface area contributed by atoms with Gasteiger partial charge in [-0.2, -0.15) is 0 Å². The van der Waals surface area contributed by atoms with E-state index in [-0.39, 0.29) is 23.0 Å². The first-order valence-corrected chi connectivity index (χ1v) is 14.4. The molecule has 0 spiro atoms. The van der Waals surface area contributed by atoms with Crippen LogP contribution in [0.15, 0.2) is 71.6 Å². The van der Waals surface area contributed by atoms with Gasteiger partial charge >= 0.3 is 0 Å². The minimum absolute atomic E-state index is 0.0226. The second-order valence-electron chi connectivity index (χ2n) is 8.82. The number of nitrogens with one attached hydrogen (secondary N) is 1. The SMILES string of the molecule is CC[C@@H](C(=O)NC)N(Cc1ccc(Cl)cc1Cl)C(=O)CN(c1cccc(OC)c1)S(=O)(=O)c1ccc(C)cc1. The number of aryl methyl sites for hydroxylation is 1. The smallest absolute Gasteiger partial charge is 0.264 e. The summed E-state index contributed by atoms with van der Waals surface area (Å²) in [5.74, 6) is -0.550. The number of sulfonamides is 1. The number of nitrogens with zero attached hydrogens (tertiary/aromatic N) is 2. The highest BCUT2D eigenvalue weighted by molar-refractivity contribution is 7.92. The van der Waals surface area contributed by atoms with Gasteiger partial charge in [0.25, 0.3) is 10.0 Å². The number of rotatable bonds is 11. The second kappa shape index (κ2) is 13.2. The zero-order chi connectivity index (χ0) is 28.7. The molecule has 0 saturated carbocycles. The maximum absolute atomic E-state index is 14.0. The van der Waals surface area contributed by atoms with E-state index in [0.717, 1.165) is 9.87 Å². The van der Waals surface area contributed by atoms with E-state index in [1.807, 2.05) is 6.92 Å². The minimum atomic E-state index is -4.18. The molecule has 0 saturated heterocycles. The third kappa shape index (κ3) is 7.23. The van der Waals surface area contributed by atoms with Gasteiger partial charge < -0.3 is 15.0 Å². The molecule has 0 bridgehead atoms. The van der Waals surface area contributed by atoms with Crippen LogP contribution >= 0.6 is 23.2 Å². The number of amides is 2. The molecule has 0 radical (unpaired) electrons. The monoisotopic (exact) mass is 591 g/mol. The van der Waals surface area contributed by atoms with Crippen molar-refractivity contribution in [2.45, 2.75) is 37.8 Å². The lowest BCUT2D eigenvalue weighted by Crippen LogP contribution is -2.51. The van der Waals surface area contributed by atoms with Crippen molar-refractivity contribution in [2.75, 3.05) is 25.0 Å². The molecule has 0 aliphatic carbocycles. The van der Waals surface area contributed by atoms with Crippen molar-refractivity contribution in [3.05, 3.63) is 87.9 Å². The topological polar surface area (TPSA) is 96.0 Å². The van der Waals surface area contributed by atoms with Gasteiger partial charge in [-0.15, -0.1) is 0 Å². The number of carbonyl (C=O) groups excluding carboxylic acids is 2. The van der Waals surface area contributed by atoms with E-state index in [1.54, 1.807) is 55.5 Å². The van der Waals surface area contributed by atoms with E-state index in [9.17, 15) is 18.0 Å². The first kappa shape index (κ1) is 30.3. The van der Waals surface area contributed by atoms with Crippen LogP contribution in [0.5, 0.6) is 5.75 Å². The van der Waals surface area contributed by atoms with Gasteiger partial charge in [-0.3, -0.25) is 13.9 Å². The van der Waals surface area contributed by atoms with Crippen molar-refractivity contribution >= 4 is 50.7 Å². The maximum atomic E-state index is 14.0. The lowest BCUT2D eigenvalue weighted by atomic mass is 10.1. The predicted octanol–water partition coefficient (Wildman–Crippen LogP) is 5.06. The Morgan fingerprint density at radius 1 is 1.03 bits per heavy atom. The quantitative estimate of drug-likeness (QED) is 0.336. The van der Waals surface area contributed by atoms with Crippen LogP contribution in [0.3, 0.4) is 0 Å². The van der Waals surface area contributed by atoms with Gasteiger partial charge in [-0.25, -0.2) is 8.42 Å². The fraction of sp³-hybridized carbons (Fsp3) is 0.286. The summed E-state index contributed by atoms with van der Waals surface area (Å²) in [6.07, 6.45) is 0.292. The normalized spacial score (nSPS) is 11.9. The van der Waals surface area contributed by atoms with Crippen LogP contribution in [0.2, 0.25) is 10.0 Å². The fourth-order valence-electron chi connectivity index (χ4n) is 4.05. The summed E-state index contributed by atoms with van der Waals surface area (Å²) in [5, 5.41) is 3.33. The molecule has 3 rings (SSSR count). The number of hydrogen-bond donors (Lipinski definition) is 1. The highest BCUT2D eigenvalue weighted by Gasteiger charge is 2.33. The van der Waals surface area contributed by atoms with Gasteiger partial charge in [0, 0.05) is 29.7 Å². The Bertz CT molecular complexity index is 1430. The van der Waals surface area contributed by atoms with Gasteiger partial charge in [0.15, 0.2) is 0 Å². The second-order valence-corrected chi connectivity index (χ2v) is 11.5. The zero-order valence-electron chi connectivity index (χ0n) is 22.1. The van der Waals surface area contributed by atoms with Crippen molar-refractivity contribution in [1.29, 1.82) is 0 Å². The van der Waals surface area contributed by atoms with E-state index in [4.69, 9.17) is 27.9 Å². The molecular formula is C28H31Cl2N3O5S. The van der Waals surface area contributed by atoms with Crippen molar-refractivity contribution in [2.24, 2.45) is 0 Å². The number of halogens is 2. The van der Waals surface area contributed by atoms with Crippen LogP contribution in [0.1, 0.15) is 24.5 Å². The standard InChI is InChI=1S/C28H31Cl2N3O5S/c1-5-26(28(35)31-3)32(17-20-11-12-21(29)15-25(20)30)27(34)18-33(22-7-6-8-23(16-22)38-4)39(36,37)24-13-9-19(2)10-14-24/h6-16,26H,5,17-18H2,1-4H3,(H,31,35)/t26-/m0/s1. The van der Waals surface area contributed by atoms with E-state index in [1.165, 1.54) is 37.3 Å². The number of carbonyl (C=O) groups is 2. The summed E-state index contributed by atoms with van der Waals surface area (Å²) in [5.41, 5.74) is 1.69. The Morgan fingerprint density at radius 3 is 2.31 bits per heavy atom. The molecule has 1 N–H and O–H groups in total. The van der Waals surface area contributed by atoms with Crippen LogP contribution < -0.4 is 14.4 Å². The van der Waals surface area contributed by atoms with Crippen LogP contribution in [0.25, 0.3) is 0 Å². The molecular weight excluding hydrogens is 561 g/mol. The molecule has 208 valence electrons. The Labute approximate surface area is 239 Å². The van der Waals surface area contributed by atoms with Crippen molar-refractivity contribution in [3.63, 3.8) is 0 Å². The number of hydrogen-bond acceptors (Lipinski definition) is 5. The molecule has 1 atom stereocenters. The third-order valence-corrected chi connectivity index (χ3v) is 8.59. The lowest BCUT2D eigenvalue weighted by molar-refractivity contribution is -0.140. The van der Waals surface area contributed by atoms with Crippen molar-refractivity contribution < 1.29 is 22.7 Å². The van der Waals surface area contributed by atoms with Crippen molar-refractivity contribution in [3.8, 4) is 5.75 Å². The highest BCUT2D eigenvalue weighted by Crippen LogP contribution is 2.29. The summed E-state index contributed by atoms with van der Waals surface area (Å²) in [7, 11) is -1.24. The molecule has 0 aromatic heterocycles. The number of anilines is 1. The molecule has 0 unspecified atom stereocenters. The minimum Gasteiger partial charge on any atom is -0.497 e. The first-order valence-electron chi connectivity index (χ1n) is 12.2. The van der Waals surface area contributed by atoms with Gasteiger partial charge in [-0.1, -0.05) is 60.0 Å². The largest absolute Gasteiger partial charge is 0.497 e. The van der Waals surface area contributed by atoms with Crippen LogP contribution in [0, 0.1) is 6.92 Å². The molecule has 3 aromatic carbocycles. The molecule has 2 amide bonds. The van der Waals surface area contributed by atoms with Crippen LogP contribution in [-0.2, 0) is 26.2 Å². The molecule has 39 heavy (non-hydrogen) atoms. The van der Waals surface area contributed by atoms with E-state index < -0.39 is 28.5 Å². The number of ether oxygens (including phenoxy) is 1. The highest BCUT2D eigenvalue weighted by atomic mass is 35.5. The molecule has 0 aliphatic heterocycles. The van der Waals surface area contributed by atoms with Gasteiger partial charge in [0.2, 0.25) is 11.8 Å². The van der Waals surface area contributed by atoms with Gasteiger partial charge in [-0.05, 0) is 55.3 Å². The summed E-state index contributed by atoms with van der Waals surface area (Å²) in [6.45, 7) is 3.02.